The number of carbonyl (C=O) groups excluding carboxylic acids is 2. The van der Waals surface area contributed by atoms with E-state index in [-0.39, 0.29) is 42.6 Å². The van der Waals surface area contributed by atoms with E-state index in [9.17, 15) is 24.5 Å². The van der Waals surface area contributed by atoms with Gasteiger partial charge in [-0.15, -0.1) is 0 Å². The first-order valence-electron chi connectivity index (χ1n) is 8.31. The van der Waals surface area contributed by atoms with Crippen LogP contribution in [-0.2, 0) is 9.59 Å². The first-order chi connectivity index (χ1) is 12.3. The van der Waals surface area contributed by atoms with Crippen LogP contribution in [0.2, 0.25) is 0 Å². The van der Waals surface area contributed by atoms with Crippen molar-refractivity contribution in [1.29, 1.82) is 0 Å². The smallest absolute Gasteiger partial charge is 0.308 e. The molecule has 1 saturated heterocycles. The largest absolute Gasteiger partial charge is 0.481 e. The van der Waals surface area contributed by atoms with E-state index in [1.807, 2.05) is 6.92 Å². The minimum absolute atomic E-state index is 0.0672. The lowest BCUT2D eigenvalue weighted by atomic mass is 9.90. The molecule has 0 aromatic heterocycles. The highest BCUT2D eigenvalue weighted by molar-refractivity contribution is 5.94. The molecule has 0 saturated carbocycles. The number of carboxylic acid groups (broad SMARTS) is 1. The summed E-state index contributed by atoms with van der Waals surface area (Å²) < 4.78 is 0. The van der Waals surface area contributed by atoms with Gasteiger partial charge < -0.3 is 15.3 Å². The molecular formula is C17H21N3O6. The van der Waals surface area contributed by atoms with Crippen molar-refractivity contribution in [2.24, 2.45) is 11.8 Å². The molecule has 2 N–H and O–H groups in total. The molecule has 1 fully saturated rings. The molecule has 140 valence electrons. The minimum Gasteiger partial charge on any atom is -0.481 e. The second-order valence-electron chi connectivity index (χ2n) is 6.48. The van der Waals surface area contributed by atoms with Gasteiger partial charge in [0.2, 0.25) is 5.91 Å². The van der Waals surface area contributed by atoms with Gasteiger partial charge in [-0.2, -0.15) is 0 Å². The number of carboxylic acids is 1. The standard InChI is InChI=1S/C17H21N3O6/c1-11-8-13(17(23)24)10-19(9-11)15(21)6-7-18-16(22)12-2-4-14(5-3-12)20(25)26/h2-5,11,13H,6-10H2,1H3,(H,18,22)(H,23,24). The molecule has 2 unspecified atom stereocenters. The molecule has 0 radical (unpaired) electrons. The van der Waals surface area contributed by atoms with Crippen LogP contribution in [0.15, 0.2) is 24.3 Å². The van der Waals surface area contributed by atoms with E-state index < -0.39 is 22.7 Å². The predicted molar refractivity (Wildman–Crippen MR) is 91.5 cm³/mol. The number of nitrogens with one attached hydrogen (secondary N) is 1. The zero-order valence-electron chi connectivity index (χ0n) is 14.4. The Morgan fingerprint density at radius 3 is 2.50 bits per heavy atom. The van der Waals surface area contributed by atoms with E-state index in [0.29, 0.717) is 13.0 Å². The highest BCUT2D eigenvalue weighted by Gasteiger charge is 2.31. The van der Waals surface area contributed by atoms with E-state index in [4.69, 9.17) is 5.11 Å². The van der Waals surface area contributed by atoms with Crippen molar-refractivity contribution >= 4 is 23.5 Å². The number of likely N-dealkylation sites (tertiary alicyclic amines) is 1. The summed E-state index contributed by atoms with van der Waals surface area (Å²) in [5.41, 5.74) is 0.157. The molecule has 1 aliphatic heterocycles. The molecule has 1 heterocycles. The SMILES string of the molecule is CC1CC(C(=O)O)CN(C(=O)CCNC(=O)c2ccc([N+](=O)[O-])cc2)C1. The lowest BCUT2D eigenvalue weighted by Gasteiger charge is -2.34. The predicted octanol–water partition coefficient (Wildman–Crippen LogP) is 1.28. The van der Waals surface area contributed by atoms with Gasteiger partial charge in [0, 0.05) is 43.8 Å². The minimum atomic E-state index is -0.902. The van der Waals surface area contributed by atoms with Crippen LogP contribution >= 0.6 is 0 Å². The van der Waals surface area contributed by atoms with E-state index in [1.165, 1.54) is 29.2 Å². The van der Waals surface area contributed by atoms with Crippen molar-refractivity contribution in [2.45, 2.75) is 19.8 Å². The number of nitrogens with zero attached hydrogens (tertiary/aromatic N) is 2. The number of non-ortho nitro benzene ring substituents is 1. The summed E-state index contributed by atoms with van der Waals surface area (Å²) in [5.74, 6) is -1.98. The Morgan fingerprint density at radius 1 is 1.27 bits per heavy atom. The number of aliphatic carboxylic acids is 1. The van der Waals surface area contributed by atoms with Gasteiger partial charge in [0.25, 0.3) is 11.6 Å². The summed E-state index contributed by atoms with van der Waals surface area (Å²) in [6, 6.07) is 5.17. The lowest BCUT2D eigenvalue weighted by molar-refractivity contribution is -0.384. The third-order valence-corrected chi connectivity index (χ3v) is 4.33. The van der Waals surface area contributed by atoms with Gasteiger partial charge in [0.1, 0.15) is 0 Å². The molecule has 9 nitrogen and oxygen atoms in total. The fourth-order valence-electron chi connectivity index (χ4n) is 3.01. The van der Waals surface area contributed by atoms with Crippen LogP contribution in [0.25, 0.3) is 0 Å². The van der Waals surface area contributed by atoms with Gasteiger partial charge in [0.05, 0.1) is 10.8 Å². The van der Waals surface area contributed by atoms with Crippen molar-refractivity contribution in [3.63, 3.8) is 0 Å². The normalized spacial score (nSPS) is 19.7. The molecule has 26 heavy (non-hydrogen) atoms. The van der Waals surface area contributed by atoms with E-state index >= 15 is 0 Å². The topological polar surface area (TPSA) is 130 Å². The van der Waals surface area contributed by atoms with Crippen LogP contribution in [0, 0.1) is 22.0 Å². The second kappa shape index (κ2) is 8.41. The first kappa shape index (κ1) is 19.4. The Balaban J connectivity index is 1.82. The summed E-state index contributed by atoms with van der Waals surface area (Å²) in [4.78, 5) is 47.0. The summed E-state index contributed by atoms with van der Waals surface area (Å²) in [5, 5.41) is 22.3. The molecule has 1 aromatic carbocycles. The van der Waals surface area contributed by atoms with Crippen LogP contribution in [-0.4, -0.2) is 52.3 Å². The van der Waals surface area contributed by atoms with Gasteiger partial charge in [-0.3, -0.25) is 24.5 Å². The maximum absolute atomic E-state index is 12.3. The Kier molecular flexibility index (Phi) is 6.26. The van der Waals surface area contributed by atoms with Gasteiger partial charge >= 0.3 is 5.97 Å². The highest BCUT2D eigenvalue weighted by atomic mass is 16.6. The van der Waals surface area contributed by atoms with Crippen molar-refractivity contribution in [2.75, 3.05) is 19.6 Å². The zero-order chi connectivity index (χ0) is 19.3. The molecule has 0 aliphatic carbocycles. The number of nitro benzene ring substituents is 1. The van der Waals surface area contributed by atoms with Crippen molar-refractivity contribution in [3.05, 3.63) is 39.9 Å². The van der Waals surface area contributed by atoms with Crippen LogP contribution in [0.3, 0.4) is 0 Å². The third kappa shape index (κ3) is 5.01. The number of benzene rings is 1. The molecule has 1 aromatic rings. The Morgan fingerprint density at radius 2 is 1.92 bits per heavy atom. The quantitative estimate of drug-likeness (QED) is 0.578. The number of piperidine rings is 1. The number of carbonyl (C=O) groups is 3. The average molecular weight is 363 g/mol. The molecule has 0 spiro atoms. The van der Waals surface area contributed by atoms with Gasteiger partial charge in [-0.05, 0) is 24.5 Å². The monoisotopic (exact) mass is 363 g/mol. The van der Waals surface area contributed by atoms with Gasteiger partial charge in [-0.1, -0.05) is 6.92 Å². The Labute approximate surface area is 150 Å². The molecule has 2 rings (SSSR count). The van der Waals surface area contributed by atoms with Crippen LogP contribution < -0.4 is 5.32 Å². The van der Waals surface area contributed by atoms with Crippen molar-refractivity contribution in [1.82, 2.24) is 10.2 Å². The molecular weight excluding hydrogens is 342 g/mol. The van der Waals surface area contributed by atoms with Gasteiger partial charge in [0.15, 0.2) is 0 Å². The summed E-state index contributed by atoms with van der Waals surface area (Å²) >= 11 is 0. The Bertz CT molecular complexity index is 703. The van der Waals surface area contributed by atoms with Crippen LogP contribution in [0.1, 0.15) is 30.1 Å². The fraction of sp³-hybridized carbons (Fsp3) is 0.471. The van der Waals surface area contributed by atoms with Crippen LogP contribution in [0.4, 0.5) is 5.69 Å². The van der Waals surface area contributed by atoms with Crippen molar-refractivity contribution in [3.8, 4) is 0 Å². The van der Waals surface area contributed by atoms with E-state index in [2.05, 4.69) is 5.32 Å². The van der Waals surface area contributed by atoms with E-state index in [0.717, 1.165) is 0 Å². The molecule has 2 atom stereocenters. The second-order valence-corrected chi connectivity index (χ2v) is 6.48. The van der Waals surface area contributed by atoms with E-state index in [1.54, 1.807) is 0 Å². The summed E-state index contributed by atoms with van der Waals surface area (Å²) in [6.07, 6.45) is 0.619. The maximum Gasteiger partial charge on any atom is 0.308 e. The molecule has 2 amide bonds. The fourth-order valence-corrected chi connectivity index (χ4v) is 3.01. The number of hydrogen-bond acceptors (Lipinski definition) is 5. The number of amides is 2. The summed E-state index contributed by atoms with van der Waals surface area (Å²) in [6.45, 7) is 2.72. The van der Waals surface area contributed by atoms with Gasteiger partial charge in [-0.25, -0.2) is 0 Å². The number of hydrogen-bond donors (Lipinski definition) is 2. The maximum atomic E-state index is 12.3. The first-order valence-corrected chi connectivity index (χ1v) is 8.31. The molecule has 1 aliphatic rings. The average Bonchev–Trinajstić information content (AvgIpc) is 2.60. The third-order valence-electron chi connectivity index (χ3n) is 4.33. The van der Waals surface area contributed by atoms with Crippen molar-refractivity contribution < 1.29 is 24.4 Å². The highest BCUT2D eigenvalue weighted by Crippen LogP contribution is 2.22. The number of rotatable bonds is 6. The number of nitro groups is 1. The zero-order valence-corrected chi connectivity index (χ0v) is 14.4. The Hall–Kier alpha value is -2.97. The lowest BCUT2D eigenvalue weighted by Crippen LogP contribution is -2.46. The molecule has 9 heteroatoms. The molecule has 0 bridgehead atoms. The van der Waals surface area contributed by atoms with Crippen LogP contribution in [0.5, 0.6) is 0 Å². The summed E-state index contributed by atoms with van der Waals surface area (Å²) in [7, 11) is 0.